The first-order valence-corrected chi connectivity index (χ1v) is 9.80. The molecule has 4 nitrogen and oxygen atoms in total. The number of benzene rings is 1. The predicted octanol–water partition coefficient (Wildman–Crippen LogP) is 3.62. The van der Waals surface area contributed by atoms with Crippen LogP contribution in [0.15, 0.2) is 33.7 Å². The molecule has 24 heavy (non-hydrogen) atoms. The Labute approximate surface area is 155 Å². The van der Waals surface area contributed by atoms with E-state index in [0.717, 1.165) is 42.5 Å². The molecule has 0 unspecified atom stereocenters. The highest BCUT2D eigenvalue weighted by Gasteiger charge is 2.20. The van der Waals surface area contributed by atoms with Crippen LogP contribution < -0.4 is 10.6 Å². The second-order valence-corrected chi connectivity index (χ2v) is 7.92. The van der Waals surface area contributed by atoms with E-state index in [1.54, 1.807) is 0 Å². The summed E-state index contributed by atoms with van der Waals surface area (Å²) in [7, 11) is 1.85. The molecule has 2 rings (SSSR count). The summed E-state index contributed by atoms with van der Waals surface area (Å²) in [4.78, 5) is 6.89. The van der Waals surface area contributed by atoms with Crippen molar-refractivity contribution in [1.29, 1.82) is 0 Å². The van der Waals surface area contributed by atoms with Crippen LogP contribution in [0.1, 0.15) is 38.7 Å². The summed E-state index contributed by atoms with van der Waals surface area (Å²) in [5, 5.41) is 7.00. The van der Waals surface area contributed by atoms with Gasteiger partial charge in [0.05, 0.1) is 0 Å². The Bertz CT molecular complexity index is 505. The average Bonchev–Trinajstić information content (AvgIpc) is 2.57. The van der Waals surface area contributed by atoms with E-state index in [1.807, 2.05) is 7.05 Å². The minimum atomic E-state index is 0.524. The molecule has 1 aliphatic heterocycles. The predicted molar refractivity (Wildman–Crippen MR) is 106 cm³/mol. The van der Waals surface area contributed by atoms with Crippen LogP contribution in [0, 0.1) is 5.92 Å². The minimum absolute atomic E-state index is 0.524. The number of hydrogen-bond donors (Lipinski definition) is 2. The lowest BCUT2D eigenvalue weighted by molar-refractivity contribution is 0.198. The molecule has 0 atom stereocenters. The van der Waals surface area contributed by atoms with Crippen molar-refractivity contribution in [1.82, 2.24) is 15.5 Å². The number of piperidine rings is 1. The third-order valence-corrected chi connectivity index (χ3v) is 5.01. The molecule has 1 fully saturated rings. The van der Waals surface area contributed by atoms with Crippen molar-refractivity contribution in [3.63, 3.8) is 0 Å². The van der Waals surface area contributed by atoms with E-state index in [9.17, 15) is 0 Å². The number of guanidine groups is 1. The van der Waals surface area contributed by atoms with Gasteiger partial charge in [-0.15, -0.1) is 0 Å². The molecule has 0 spiro atoms. The number of nitrogens with one attached hydrogen (secondary N) is 2. The lowest BCUT2D eigenvalue weighted by atomic mass is 10.0. The first kappa shape index (κ1) is 19.3. The number of likely N-dealkylation sites (tertiary alicyclic amines) is 1. The van der Waals surface area contributed by atoms with Crippen LogP contribution in [0.2, 0.25) is 0 Å². The van der Waals surface area contributed by atoms with Crippen molar-refractivity contribution in [3.8, 4) is 0 Å². The molecule has 1 heterocycles. The number of rotatable bonds is 6. The third-order valence-electron chi connectivity index (χ3n) is 4.49. The highest BCUT2D eigenvalue weighted by Crippen LogP contribution is 2.16. The van der Waals surface area contributed by atoms with Gasteiger partial charge in [-0.1, -0.05) is 41.9 Å². The third kappa shape index (κ3) is 6.81. The van der Waals surface area contributed by atoms with Gasteiger partial charge in [-0.2, -0.15) is 0 Å². The van der Waals surface area contributed by atoms with Crippen molar-refractivity contribution >= 4 is 21.9 Å². The standard InChI is InChI=1S/C19H31BrN4/c1-15(2)8-11-22-19(21-3)23-18-9-12-24(13-10-18)14-16-4-6-17(20)7-5-16/h4-7,15,18H,8-14H2,1-3H3,(H2,21,22,23). The van der Waals surface area contributed by atoms with Gasteiger partial charge in [0.2, 0.25) is 0 Å². The highest BCUT2D eigenvalue weighted by molar-refractivity contribution is 9.10. The van der Waals surface area contributed by atoms with Gasteiger partial charge in [0.15, 0.2) is 5.96 Å². The van der Waals surface area contributed by atoms with Crippen molar-refractivity contribution < 1.29 is 0 Å². The van der Waals surface area contributed by atoms with E-state index >= 15 is 0 Å². The maximum atomic E-state index is 4.35. The molecule has 1 aromatic rings. The normalized spacial score (nSPS) is 17.3. The molecule has 0 aliphatic carbocycles. The summed E-state index contributed by atoms with van der Waals surface area (Å²) >= 11 is 3.49. The molecule has 1 saturated heterocycles. The van der Waals surface area contributed by atoms with Crippen LogP contribution in [0.25, 0.3) is 0 Å². The summed E-state index contributed by atoms with van der Waals surface area (Å²) in [5.41, 5.74) is 1.38. The Balaban J connectivity index is 1.70. The van der Waals surface area contributed by atoms with Crippen LogP contribution in [-0.2, 0) is 6.54 Å². The van der Waals surface area contributed by atoms with Gasteiger partial charge in [-0.3, -0.25) is 9.89 Å². The zero-order valence-electron chi connectivity index (χ0n) is 15.2. The van der Waals surface area contributed by atoms with Crippen molar-refractivity contribution in [2.24, 2.45) is 10.9 Å². The van der Waals surface area contributed by atoms with E-state index in [1.165, 1.54) is 24.8 Å². The molecule has 1 aromatic carbocycles. The van der Waals surface area contributed by atoms with Crippen LogP contribution in [0.3, 0.4) is 0 Å². The fraction of sp³-hybridized carbons (Fsp3) is 0.632. The fourth-order valence-corrected chi connectivity index (χ4v) is 3.21. The molecule has 134 valence electrons. The van der Waals surface area contributed by atoms with E-state index in [-0.39, 0.29) is 0 Å². The van der Waals surface area contributed by atoms with Gasteiger partial charge in [-0.25, -0.2) is 0 Å². The molecular formula is C19H31BrN4. The molecular weight excluding hydrogens is 364 g/mol. The molecule has 0 saturated carbocycles. The van der Waals surface area contributed by atoms with Crippen LogP contribution in [-0.4, -0.2) is 43.6 Å². The molecule has 0 aromatic heterocycles. The highest BCUT2D eigenvalue weighted by atomic mass is 79.9. The number of aliphatic imine (C=N–C) groups is 1. The Morgan fingerprint density at radius 1 is 1.25 bits per heavy atom. The van der Waals surface area contributed by atoms with E-state index in [4.69, 9.17) is 0 Å². The fourth-order valence-electron chi connectivity index (χ4n) is 2.95. The van der Waals surface area contributed by atoms with Crippen molar-refractivity contribution in [2.75, 3.05) is 26.7 Å². The number of halogens is 1. The van der Waals surface area contributed by atoms with Gasteiger partial charge in [0.25, 0.3) is 0 Å². The van der Waals surface area contributed by atoms with Gasteiger partial charge in [0, 0.05) is 43.7 Å². The zero-order chi connectivity index (χ0) is 17.4. The monoisotopic (exact) mass is 394 g/mol. The second-order valence-electron chi connectivity index (χ2n) is 7.00. The summed E-state index contributed by atoms with van der Waals surface area (Å²) in [5.74, 6) is 1.67. The van der Waals surface area contributed by atoms with Crippen LogP contribution in [0.5, 0.6) is 0 Å². The largest absolute Gasteiger partial charge is 0.356 e. The SMILES string of the molecule is CN=C(NCCC(C)C)NC1CCN(Cc2ccc(Br)cc2)CC1. The van der Waals surface area contributed by atoms with Crippen molar-refractivity contribution in [2.45, 2.75) is 45.7 Å². The van der Waals surface area contributed by atoms with E-state index in [0.29, 0.717) is 6.04 Å². The second kappa shape index (κ2) is 10.0. The lowest BCUT2D eigenvalue weighted by Crippen LogP contribution is -2.48. The summed E-state index contributed by atoms with van der Waals surface area (Å²) in [6.45, 7) is 8.80. The number of nitrogens with zero attached hydrogens (tertiary/aromatic N) is 2. The molecule has 0 radical (unpaired) electrons. The lowest BCUT2D eigenvalue weighted by Gasteiger charge is -2.33. The molecule has 5 heteroatoms. The summed E-state index contributed by atoms with van der Waals surface area (Å²) in [6, 6.07) is 9.17. The quantitative estimate of drug-likeness (QED) is 0.571. The van der Waals surface area contributed by atoms with Crippen LogP contribution >= 0.6 is 15.9 Å². The summed E-state index contributed by atoms with van der Waals surface area (Å²) in [6.07, 6.45) is 3.51. The maximum Gasteiger partial charge on any atom is 0.191 e. The van der Waals surface area contributed by atoms with E-state index in [2.05, 4.69) is 74.6 Å². The average molecular weight is 395 g/mol. The first-order chi connectivity index (χ1) is 11.6. The Kier molecular flexibility index (Phi) is 8.06. The van der Waals surface area contributed by atoms with Gasteiger partial charge in [0.1, 0.15) is 0 Å². The Hall–Kier alpha value is -1.07. The molecule has 0 bridgehead atoms. The number of hydrogen-bond acceptors (Lipinski definition) is 2. The topological polar surface area (TPSA) is 39.7 Å². The van der Waals surface area contributed by atoms with Crippen molar-refractivity contribution in [3.05, 3.63) is 34.3 Å². The van der Waals surface area contributed by atoms with Crippen LogP contribution in [0.4, 0.5) is 0 Å². The molecule has 2 N–H and O–H groups in total. The summed E-state index contributed by atoms with van der Waals surface area (Å²) < 4.78 is 1.14. The Morgan fingerprint density at radius 3 is 2.50 bits per heavy atom. The van der Waals surface area contributed by atoms with Gasteiger partial charge in [-0.05, 0) is 42.9 Å². The first-order valence-electron chi connectivity index (χ1n) is 9.01. The Morgan fingerprint density at radius 2 is 1.92 bits per heavy atom. The minimum Gasteiger partial charge on any atom is -0.356 e. The maximum absolute atomic E-state index is 4.35. The zero-order valence-corrected chi connectivity index (χ0v) is 16.8. The molecule has 1 aliphatic rings. The van der Waals surface area contributed by atoms with Gasteiger partial charge < -0.3 is 10.6 Å². The van der Waals surface area contributed by atoms with Gasteiger partial charge >= 0.3 is 0 Å². The smallest absolute Gasteiger partial charge is 0.191 e. The molecule has 0 amide bonds. The van der Waals surface area contributed by atoms with E-state index < -0.39 is 0 Å².